The first-order valence-corrected chi connectivity index (χ1v) is 4.41. The van der Waals surface area contributed by atoms with E-state index >= 15 is 0 Å². The molecule has 0 bridgehead atoms. The van der Waals surface area contributed by atoms with Gasteiger partial charge in [-0.1, -0.05) is 27.4 Å². The third kappa shape index (κ3) is 4.16. The molecule has 0 aliphatic heterocycles. The van der Waals surface area contributed by atoms with Crippen molar-refractivity contribution in [3.63, 3.8) is 0 Å². The lowest BCUT2D eigenvalue weighted by Crippen LogP contribution is -2.17. The van der Waals surface area contributed by atoms with E-state index in [9.17, 15) is 4.79 Å². The van der Waals surface area contributed by atoms with Gasteiger partial charge in [-0.05, 0) is 18.3 Å². The summed E-state index contributed by atoms with van der Waals surface area (Å²) in [5.74, 6) is 0.704. The maximum atomic E-state index is 10.7. The first-order valence-electron chi connectivity index (χ1n) is 4.41. The molecule has 0 saturated heterocycles. The number of carbonyl (C=O) groups is 1. The van der Waals surface area contributed by atoms with Crippen LogP contribution in [0.1, 0.15) is 27.2 Å². The fourth-order valence-electron chi connectivity index (χ4n) is 1.03. The van der Waals surface area contributed by atoms with E-state index in [-0.39, 0.29) is 5.97 Å². The predicted molar refractivity (Wildman–Crippen MR) is 49.8 cm³/mol. The van der Waals surface area contributed by atoms with E-state index in [1.807, 2.05) is 0 Å². The van der Waals surface area contributed by atoms with Gasteiger partial charge in [-0.3, -0.25) is 0 Å². The number of hydrogen-bond acceptors (Lipinski definition) is 2. The molecule has 0 amide bonds. The third-order valence-corrected chi connectivity index (χ3v) is 2.07. The maximum Gasteiger partial charge on any atom is 0.330 e. The highest BCUT2D eigenvalue weighted by Crippen LogP contribution is 2.14. The summed E-state index contributed by atoms with van der Waals surface area (Å²) in [4.78, 5) is 10.7. The summed E-state index contributed by atoms with van der Waals surface area (Å²) in [5, 5.41) is 0. The van der Waals surface area contributed by atoms with Gasteiger partial charge in [0.25, 0.3) is 0 Å². The minimum atomic E-state index is -0.325. The van der Waals surface area contributed by atoms with Gasteiger partial charge in [-0.2, -0.15) is 0 Å². The van der Waals surface area contributed by atoms with Crippen LogP contribution in [0.3, 0.4) is 0 Å². The van der Waals surface area contributed by atoms with E-state index in [4.69, 9.17) is 4.74 Å². The van der Waals surface area contributed by atoms with Crippen LogP contribution in [0.5, 0.6) is 0 Å². The highest BCUT2D eigenvalue weighted by Gasteiger charge is 2.12. The summed E-state index contributed by atoms with van der Waals surface area (Å²) in [6.07, 6.45) is 2.25. The van der Waals surface area contributed by atoms with Crippen molar-refractivity contribution in [1.29, 1.82) is 0 Å². The Bertz CT molecular complexity index is 150. The Morgan fingerprint density at radius 2 is 2.17 bits per heavy atom. The van der Waals surface area contributed by atoms with Gasteiger partial charge in [0, 0.05) is 6.08 Å². The molecule has 0 aromatic rings. The van der Waals surface area contributed by atoms with Gasteiger partial charge >= 0.3 is 5.97 Å². The fourth-order valence-corrected chi connectivity index (χ4v) is 1.03. The highest BCUT2D eigenvalue weighted by atomic mass is 16.5. The van der Waals surface area contributed by atoms with Crippen molar-refractivity contribution in [3.8, 4) is 0 Å². The first-order chi connectivity index (χ1) is 5.61. The van der Waals surface area contributed by atoms with Gasteiger partial charge < -0.3 is 4.74 Å². The molecule has 2 nitrogen and oxygen atoms in total. The van der Waals surface area contributed by atoms with Crippen molar-refractivity contribution >= 4 is 5.97 Å². The summed E-state index contributed by atoms with van der Waals surface area (Å²) in [6, 6.07) is 0. The number of rotatable bonds is 5. The van der Waals surface area contributed by atoms with Crippen LogP contribution in [-0.2, 0) is 9.53 Å². The first kappa shape index (κ1) is 11.2. The number of carbonyl (C=O) groups excluding carboxylic acids is 1. The van der Waals surface area contributed by atoms with E-state index in [2.05, 4.69) is 27.4 Å². The summed E-state index contributed by atoms with van der Waals surface area (Å²) in [6.45, 7) is 10.2. The Morgan fingerprint density at radius 1 is 1.58 bits per heavy atom. The topological polar surface area (TPSA) is 26.3 Å². The van der Waals surface area contributed by atoms with Crippen LogP contribution in [-0.4, -0.2) is 12.6 Å². The maximum absolute atomic E-state index is 10.7. The van der Waals surface area contributed by atoms with Crippen LogP contribution in [0.2, 0.25) is 0 Å². The lowest BCUT2D eigenvalue weighted by atomic mass is 9.94. The summed E-state index contributed by atoms with van der Waals surface area (Å²) < 4.78 is 4.95. The van der Waals surface area contributed by atoms with Crippen molar-refractivity contribution in [3.05, 3.63) is 12.7 Å². The SMILES string of the molecule is C=CC(=O)OCC(CC)C(C)C. The van der Waals surface area contributed by atoms with Gasteiger partial charge in [0.15, 0.2) is 0 Å². The molecular weight excluding hydrogens is 152 g/mol. The molecule has 0 aromatic heterocycles. The number of esters is 1. The van der Waals surface area contributed by atoms with Gasteiger partial charge in [0.1, 0.15) is 0 Å². The van der Waals surface area contributed by atoms with Gasteiger partial charge in [0.2, 0.25) is 0 Å². The van der Waals surface area contributed by atoms with Crippen LogP contribution >= 0.6 is 0 Å². The zero-order valence-corrected chi connectivity index (χ0v) is 8.17. The largest absolute Gasteiger partial charge is 0.462 e. The Hall–Kier alpha value is -0.790. The number of ether oxygens (including phenoxy) is 1. The van der Waals surface area contributed by atoms with Crippen LogP contribution in [0.4, 0.5) is 0 Å². The molecule has 0 heterocycles. The van der Waals surface area contributed by atoms with Crippen LogP contribution in [0, 0.1) is 11.8 Å². The Labute approximate surface area is 74.6 Å². The molecule has 12 heavy (non-hydrogen) atoms. The Morgan fingerprint density at radius 3 is 2.50 bits per heavy atom. The summed E-state index contributed by atoms with van der Waals surface area (Å²) in [7, 11) is 0. The van der Waals surface area contributed by atoms with E-state index in [1.54, 1.807) is 0 Å². The zero-order valence-electron chi connectivity index (χ0n) is 8.17. The monoisotopic (exact) mass is 170 g/mol. The third-order valence-electron chi connectivity index (χ3n) is 2.07. The fraction of sp³-hybridized carbons (Fsp3) is 0.700. The Balaban J connectivity index is 3.72. The second kappa shape index (κ2) is 5.81. The molecule has 0 N–H and O–H groups in total. The minimum Gasteiger partial charge on any atom is -0.462 e. The number of hydrogen-bond donors (Lipinski definition) is 0. The molecular formula is C10H18O2. The second-order valence-electron chi connectivity index (χ2n) is 3.25. The lowest BCUT2D eigenvalue weighted by molar-refractivity contribution is -0.139. The smallest absolute Gasteiger partial charge is 0.330 e. The molecule has 1 atom stereocenters. The molecule has 0 fully saturated rings. The van der Waals surface area contributed by atoms with Crippen molar-refractivity contribution in [2.24, 2.45) is 11.8 Å². The van der Waals surface area contributed by atoms with Gasteiger partial charge in [-0.15, -0.1) is 0 Å². The van der Waals surface area contributed by atoms with E-state index in [0.717, 1.165) is 6.42 Å². The summed E-state index contributed by atoms with van der Waals surface area (Å²) in [5.41, 5.74) is 0. The standard InChI is InChI=1S/C10H18O2/c1-5-9(8(3)4)7-12-10(11)6-2/h6,8-9H,2,5,7H2,1,3-4H3. The minimum absolute atomic E-state index is 0.325. The van der Waals surface area contributed by atoms with Crippen LogP contribution < -0.4 is 0 Å². The molecule has 1 unspecified atom stereocenters. The molecule has 0 rings (SSSR count). The molecule has 0 aliphatic carbocycles. The van der Waals surface area contributed by atoms with E-state index in [0.29, 0.717) is 18.4 Å². The molecule has 2 heteroatoms. The molecule has 70 valence electrons. The zero-order chi connectivity index (χ0) is 9.56. The van der Waals surface area contributed by atoms with Crippen LogP contribution in [0.15, 0.2) is 12.7 Å². The normalized spacial score (nSPS) is 12.7. The average Bonchev–Trinajstić information content (AvgIpc) is 2.04. The lowest BCUT2D eigenvalue weighted by Gasteiger charge is -2.17. The van der Waals surface area contributed by atoms with Crippen molar-refractivity contribution in [2.45, 2.75) is 27.2 Å². The van der Waals surface area contributed by atoms with Crippen LogP contribution in [0.25, 0.3) is 0 Å². The molecule has 0 saturated carbocycles. The Kier molecular flexibility index (Phi) is 5.43. The molecule has 0 aromatic carbocycles. The van der Waals surface area contributed by atoms with Crippen molar-refractivity contribution in [2.75, 3.05) is 6.61 Å². The second-order valence-corrected chi connectivity index (χ2v) is 3.25. The average molecular weight is 170 g/mol. The van der Waals surface area contributed by atoms with Gasteiger partial charge in [-0.25, -0.2) is 4.79 Å². The summed E-state index contributed by atoms with van der Waals surface area (Å²) >= 11 is 0. The van der Waals surface area contributed by atoms with E-state index < -0.39 is 0 Å². The van der Waals surface area contributed by atoms with E-state index in [1.165, 1.54) is 6.08 Å². The van der Waals surface area contributed by atoms with Crippen molar-refractivity contribution < 1.29 is 9.53 Å². The molecule has 0 spiro atoms. The predicted octanol–water partition coefficient (Wildman–Crippen LogP) is 2.40. The highest BCUT2D eigenvalue weighted by molar-refractivity contribution is 5.81. The van der Waals surface area contributed by atoms with Gasteiger partial charge in [0.05, 0.1) is 6.61 Å². The quantitative estimate of drug-likeness (QED) is 0.468. The molecule has 0 radical (unpaired) electrons. The van der Waals surface area contributed by atoms with Crippen molar-refractivity contribution in [1.82, 2.24) is 0 Å². The molecule has 0 aliphatic rings.